The molecule has 1 aromatic rings. The molecule has 2 atom stereocenters. The Morgan fingerprint density at radius 2 is 2.13 bits per heavy atom. The molecule has 0 radical (unpaired) electrons. The number of rotatable bonds is 2. The molecule has 2 rings (SSSR count). The lowest BCUT2D eigenvalue weighted by Crippen LogP contribution is -2.15. The molecule has 15 heavy (non-hydrogen) atoms. The van der Waals surface area contributed by atoms with Gasteiger partial charge in [0.1, 0.15) is 0 Å². The Hall–Kier alpha value is -0.500. The first kappa shape index (κ1) is 11.0. The largest absolute Gasteiger partial charge is 0.382 e. The molecule has 0 heterocycles. The van der Waals surface area contributed by atoms with Gasteiger partial charge in [-0.3, -0.25) is 0 Å². The first-order valence-electron chi connectivity index (χ1n) is 5.68. The predicted molar refractivity (Wildman–Crippen MR) is 69.3 cm³/mol. The molecule has 2 unspecified atom stereocenters. The van der Waals surface area contributed by atoms with Gasteiger partial charge in [-0.1, -0.05) is 28.9 Å². The highest BCUT2D eigenvalue weighted by atomic mass is 79.9. The zero-order chi connectivity index (χ0) is 10.8. The number of benzene rings is 1. The van der Waals surface area contributed by atoms with Gasteiger partial charge in [0.05, 0.1) is 0 Å². The second kappa shape index (κ2) is 4.56. The second-order valence-electron chi connectivity index (χ2n) is 4.72. The van der Waals surface area contributed by atoms with Crippen LogP contribution in [-0.2, 0) is 0 Å². The van der Waals surface area contributed by atoms with E-state index in [1.807, 2.05) is 0 Å². The number of anilines is 1. The molecule has 2 heteroatoms. The van der Waals surface area contributed by atoms with Gasteiger partial charge in [-0.15, -0.1) is 0 Å². The van der Waals surface area contributed by atoms with Gasteiger partial charge in [-0.25, -0.2) is 0 Å². The third-order valence-corrected chi connectivity index (χ3v) is 3.75. The Labute approximate surface area is 100 Å². The van der Waals surface area contributed by atoms with Crippen molar-refractivity contribution >= 4 is 21.6 Å². The maximum Gasteiger partial charge on any atom is 0.0383 e. The number of hydrogen-bond acceptors (Lipinski definition) is 1. The summed E-state index contributed by atoms with van der Waals surface area (Å²) in [5.41, 5.74) is 2.61. The van der Waals surface area contributed by atoms with E-state index >= 15 is 0 Å². The van der Waals surface area contributed by atoms with Crippen molar-refractivity contribution in [3.8, 4) is 0 Å². The van der Waals surface area contributed by atoms with Crippen LogP contribution in [0.4, 0.5) is 5.69 Å². The summed E-state index contributed by atoms with van der Waals surface area (Å²) in [4.78, 5) is 0. The van der Waals surface area contributed by atoms with E-state index in [4.69, 9.17) is 0 Å². The normalized spacial score (nSPS) is 25.5. The third kappa shape index (κ3) is 2.75. The van der Waals surface area contributed by atoms with Crippen LogP contribution >= 0.6 is 15.9 Å². The van der Waals surface area contributed by atoms with E-state index < -0.39 is 0 Å². The summed E-state index contributed by atoms with van der Waals surface area (Å²) >= 11 is 3.52. The smallest absolute Gasteiger partial charge is 0.0383 e. The lowest BCUT2D eigenvalue weighted by Gasteiger charge is -2.16. The summed E-state index contributed by atoms with van der Waals surface area (Å²) in [5, 5.41) is 3.65. The zero-order valence-corrected chi connectivity index (χ0v) is 11.0. The van der Waals surface area contributed by atoms with Crippen LogP contribution in [0.2, 0.25) is 0 Å². The van der Waals surface area contributed by atoms with E-state index in [9.17, 15) is 0 Å². The zero-order valence-electron chi connectivity index (χ0n) is 9.39. The summed E-state index contributed by atoms with van der Waals surface area (Å²) in [5.74, 6) is 0.884. The predicted octanol–water partition coefficient (Wildman–Crippen LogP) is 4.36. The minimum Gasteiger partial charge on any atom is -0.382 e. The molecule has 0 amide bonds. The SMILES string of the molecule is Cc1ccc(Br)cc1NC1CCC(C)C1. The molecular weight excluding hydrogens is 250 g/mol. The van der Waals surface area contributed by atoms with Gasteiger partial charge < -0.3 is 5.32 Å². The highest BCUT2D eigenvalue weighted by molar-refractivity contribution is 9.10. The quantitative estimate of drug-likeness (QED) is 0.840. The summed E-state index contributed by atoms with van der Waals surface area (Å²) in [6.45, 7) is 4.50. The minimum atomic E-state index is 0.674. The van der Waals surface area contributed by atoms with Gasteiger partial charge in [0.15, 0.2) is 0 Å². The van der Waals surface area contributed by atoms with E-state index in [1.165, 1.54) is 30.5 Å². The number of nitrogens with one attached hydrogen (secondary N) is 1. The van der Waals surface area contributed by atoms with Crippen LogP contribution in [0.25, 0.3) is 0 Å². The van der Waals surface area contributed by atoms with Gasteiger partial charge in [0.2, 0.25) is 0 Å². The Balaban J connectivity index is 2.07. The van der Waals surface area contributed by atoms with Crippen LogP contribution in [0.15, 0.2) is 22.7 Å². The van der Waals surface area contributed by atoms with Crippen LogP contribution in [-0.4, -0.2) is 6.04 Å². The molecule has 0 spiro atoms. The fourth-order valence-electron chi connectivity index (χ4n) is 2.31. The molecule has 0 saturated heterocycles. The molecular formula is C13H18BrN. The fourth-order valence-corrected chi connectivity index (χ4v) is 2.67. The van der Waals surface area contributed by atoms with Gasteiger partial charge in [-0.05, 0) is 49.8 Å². The average Bonchev–Trinajstić information content (AvgIpc) is 2.58. The summed E-state index contributed by atoms with van der Waals surface area (Å²) in [6, 6.07) is 7.11. The van der Waals surface area contributed by atoms with Crippen LogP contribution in [0.5, 0.6) is 0 Å². The molecule has 1 aliphatic carbocycles. The maximum absolute atomic E-state index is 3.65. The second-order valence-corrected chi connectivity index (χ2v) is 5.63. The minimum absolute atomic E-state index is 0.674. The van der Waals surface area contributed by atoms with Crippen LogP contribution in [0.3, 0.4) is 0 Å². The van der Waals surface area contributed by atoms with Crippen molar-refractivity contribution in [2.75, 3.05) is 5.32 Å². The van der Waals surface area contributed by atoms with E-state index in [-0.39, 0.29) is 0 Å². The van der Waals surface area contributed by atoms with Crippen molar-refractivity contribution in [3.63, 3.8) is 0 Å². The molecule has 1 aromatic carbocycles. The molecule has 1 fully saturated rings. The molecule has 1 aliphatic rings. The van der Waals surface area contributed by atoms with Crippen LogP contribution in [0, 0.1) is 12.8 Å². The van der Waals surface area contributed by atoms with Crippen LogP contribution < -0.4 is 5.32 Å². The molecule has 1 saturated carbocycles. The monoisotopic (exact) mass is 267 g/mol. The van der Waals surface area contributed by atoms with Gasteiger partial charge in [0.25, 0.3) is 0 Å². The number of aryl methyl sites for hydroxylation is 1. The topological polar surface area (TPSA) is 12.0 Å². The number of halogens is 1. The van der Waals surface area contributed by atoms with E-state index in [2.05, 4.69) is 53.3 Å². The van der Waals surface area contributed by atoms with Crippen LogP contribution in [0.1, 0.15) is 31.7 Å². The molecule has 1 N–H and O–H groups in total. The van der Waals surface area contributed by atoms with E-state index in [0.717, 1.165) is 10.4 Å². The molecule has 0 aliphatic heterocycles. The highest BCUT2D eigenvalue weighted by Crippen LogP contribution is 2.29. The van der Waals surface area contributed by atoms with E-state index in [0.29, 0.717) is 6.04 Å². The summed E-state index contributed by atoms with van der Waals surface area (Å²) in [7, 11) is 0. The Morgan fingerprint density at radius 1 is 1.33 bits per heavy atom. The first-order chi connectivity index (χ1) is 7.15. The molecule has 0 aromatic heterocycles. The molecule has 0 bridgehead atoms. The number of hydrogen-bond donors (Lipinski definition) is 1. The van der Waals surface area contributed by atoms with Gasteiger partial charge in [0, 0.05) is 16.2 Å². The first-order valence-corrected chi connectivity index (χ1v) is 6.47. The maximum atomic E-state index is 3.65. The van der Waals surface area contributed by atoms with E-state index in [1.54, 1.807) is 0 Å². The Morgan fingerprint density at radius 3 is 2.80 bits per heavy atom. The van der Waals surface area contributed by atoms with Crippen molar-refractivity contribution in [2.24, 2.45) is 5.92 Å². The standard InChI is InChI=1S/C13H18BrN/c1-9-3-6-12(7-9)15-13-8-11(14)5-4-10(13)2/h4-5,8-9,12,15H,3,6-7H2,1-2H3. The van der Waals surface area contributed by atoms with Crippen molar-refractivity contribution < 1.29 is 0 Å². The van der Waals surface area contributed by atoms with Crippen molar-refractivity contribution in [2.45, 2.75) is 39.2 Å². The summed E-state index contributed by atoms with van der Waals surface area (Å²) < 4.78 is 1.15. The van der Waals surface area contributed by atoms with Crippen molar-refractivity contribution in [1.82, 2.24) is 0 Å². The molecule has 82 valence electrons. The van der Waals surface area contributed by atoms with Gasteiger partial charge >= 0.3 is 0 Å². The average molecular weight is 268 g/mol. The Kier molecular flexibility index (Phi) is 3.35. The van der Waals surface area contributed by atoms with Crippen molar-refractivity contribution in [1.29, 1.82) is 0 Å². The lowest BCUT2D eigenvalue weighted by molar-refractivity contribution is 0.602. The van der Waals surface area contributed by atoms with Crippen molar-refractivity contribution in [3.05, 3.63) is 28.2 Å². The third-order valence-electron chi connectivity index (χ3n) is 3.25. The van der Waals surface area contributed by atoms with Gasteiger partial charge in [-0.2, -0.15) is 0 Å². The Bertz CT molecular complexity index is 348. The lowest BCUT2D eigenvalue weighted by atomic mass is 10.1. The molecule has 1 nitrogen and oxygen atoms in total. The fraction of sp³-hybridized carbons (Fsp3) is 0.538. The summed E-state index contributed by atoms with van der Waals surface area (Å²) in [6.07, 6.45) is 3.99. The highest BCUT2D eigenvalue weighted by Gasteiger charge is 2.21.